The molecule has 0 radical (unpaired) electrons. The molecule has 0 bridgehead atoms. The minimum atomic E-state index is -0.529. The number of hydrazone groups is 1. The van der Waals surface area contributed by atoms with Crippen LogP contribution in [0.25, 0.3) is 0 Å². The number of esters is 1. The summed E-state index contributed by atoms with van der Waals surface area (Å²) in [6, 6.07) is 28.3. The molecule has 0 spiro atoms. The number of carbonyl (C=O) groups is 2. The maximum Gasteiger partial charge on any atom is 0.343 e. The Bertz CT molecular complexity index is 1390. The van der Waals surface area contributed by atoms with Gasteiger partial charge in [0.25, 0.3) is 5.91 Å². The molecule has 4 rings (SSSR count). The Morgan fingerprint density at radius 2 is 1.54 bits per heavy atom. The van der Waals surface area contributed by atoms with Crippen LogP contribution in [0.2, 0.25) is 0 Å². The third-order valence-electron chi connectivity index (χ3n) is 5.23. The molecule has 0 aliphatic carbocycles. The van der Waals surface area contributed by atoms with Crippen LogP contribution in [-0.2, 0) is 6.61 Å². The minimum absolute atomic E-state index is 0.293. The largest absolute Gasteiger partial charge is 0.497 e. The highest BCUT2D eigenvalue weighted by Crippen LogP contribution is 2.23. The number of hydrogen-bond acceptors (Lipinski definition) is 6. The summed E-state index contributed by atoms with van der Waals surface area (Å²) in [4.78, 5) is 25.1. The summed E-state index contributed by atoms with van der Waals surface area (Å²) in [5.41, 5.74) is 4.84. The molecule has 0 aromatic heterocycles. The molecule has 0 unspecified atom stereocenters. The summed E-state index contributed by atoms with van der Waals surface area (Å²) in [6.45, 7) is 0.439. The lowest BCUT2D eigenvalue weighted by Gasteiger charge is -2.09. The number of rotatable bonds is 9. The third-order valence-corrected chi connectivity index (χ3v) is 5.73. The van der Waals surface area contributed by atoms with Crippen LogP contribution in [0.1, 0.15) is 31.8 Å². The van der Waals surface area contributed by atoms with Crippen LogP contribution >= 0.6 is 15.9 Å². The van der Waals surface area contributed by atoms with E-state index in [4.69, 9.17) is 14.2 Å². The fourth-order valence-corrected chi connectivity index (χ4v) is 3.65. The molecule has 1 amide bonds. The highest BCUT2D eigenvalue weighted by molar-refractivity contribution is 9.10. The molecule has 0 saturated heterocycles. The van der Waals surface area contributed by atoms with Crippen molar-refractivity contribution in [3.05, 3.63) is 124 Å². The van der Waals surface area contributed by atoms with E-state index in [2.05, 4.69) is 26.5 Å². The monoisotopic (exact) mass is 558 g/mol. The molecule has 0 aliphatic rings. The lowest BCUT2D eigenvalue weighted by Crippen LogP contribution is -2.17. The van der Waals surface area contributed by atoms with Crippen molar-refractivity contribution in [3.63, 3.8) is 0 Å². The Balaban J connectivity index is 1.36. The van der Waals surface area contributed by atoms with E-state index in [1.807, 2.05) is 30.3 Å². The molecular weight excluding hydrogens is 536 g/mol. The van der Waals surface area contributed by atoms with Gasteiger partial charge in [0.05, 0.1) is 18.9 Å². The molecule has 8 heteroatoms. The van der Waals surface area contributed by atoms with Crippen molar-refractivity contribution in [1.82, 2.24) is 5.43 Å². The first-order chi connectivity index (χ1) is 18.0. The number of halogens is 1. The van der Waals surface area contributed by atoms with E-state index in [0.717, 1.165) is 10.0 Å². The Hall–Kier alpha value is -4.43. The van der Waals surface area contributed by atoms with Crippen molar-refractivity contribution in [2.24, 2.45) is 5.10 Å². The number of amides is 1. The summed E-state index contributed by atoms with van der Waals surface area (Å²) in [5, 5.41) is 4.04. The molecule has 0 fully saturated rings. The molecule has 0 atom stereocenters. The van der Waals surface area contributed by atoms with Gasteiger partial charge in [-0.1, -0.05) is 46.3 Å². The Labute approximate surface area is 222 Å². The predicted octanol–water partition coefficient (Wildman–Crippen LogP) is 6.02. The molecule has 1 N–H and O–H groups in total. The van der Waals surface area contributed by atoms with Crippen LogP contribution in [0.3, 0.4) is 0 Å². The average molecular weight is 559 g/mol. The fraction of sp³-hybridized carbons (Fsp3) is 0.0690. The number of methoxy groups -OCH3 is 1. The zero-order valence-corrected chi connectivity index (χ0v) is 21.5. The molecule has 0 saturated carbocycles. The van der Waals surface area contributed by atoms with Gasteiger partial charge in [-0.15, -0.1) is 0 Å². The normalized spacial score (nSPS) is 10.6. The first-order valence-corrected chi connectivity index (χ1v) is 12.1. The van der Waals surface area contributed by atoms with Crippen molar-refractivity contribution < 1.29 is 23.8 Å². The zero-order valence-electron chi connectivity index (χ0n) is 19.9. The van der Waals surface area contributed by atoms with E-state index >= 15 is 0 Å². The number of carbonyl (C=O) groups excluding carboxylic acids is 2. The van der Waals surface area contributed by atoms with Gasteiger partial charge in [-0.3, -0.25) is 4.79 Å². The molecular formula is C29H23BrN2O5. The van der Waals surface area contributed by atoms with Gasteiger partial charge in [0.1, 0.15) is 23.9 Å². The van der Waals surface area contributed by atoms with Crippen molar-refractivity contribution in [2.75, 3.05) is 7.11 Å². The third kappa shape index (κ3) is 7.28. The van der Waals surface area contributed by atoms with Crippen molar-refractivity contribution >= 4 is 34.0 Å². The smallest absolute Gasteiger partial charge is 0.343 e. The van der Waals surface area contributed by atoms with E-state index < -0.39 is 11.9 Å². The van der Waals surface area contributed by atoms with Gasteiger partial charge in [-0.2, -0.15) is 5.10 Å². The van der Waals surface area contributed by atoms with Crippen molar-refractivity contribution in [3.8, 4) is 17.2 Å². The van der Waals surface area contributed by atoms with Gasteiger partial charge in [0.2, 0.25) is 0 Å². The van der Waals surface area contributed by atoms with Crippen LogP contribution in [-0.4, -0.2) is 25.2 Å². The SMILES string of the molecule is COc1ccc(C(=O)Oc2ccc(Br)cc2/C=N/NC(=O)c2ccc(OCc3ccccc3)cc2)cc1. The highest BCUT2D eigenvalue weighted by atomic mass is 79.9. The number of hydrogen-bond donors (Lipinski definition) is 1. The molecule has 0 heterocycles. The van der Waals surface area contributed by atoms with Gasteiger partial charge in [0.15, 0.2) is 0 Å². The maximum absolute atomic E-state index is 12.6. The van der Waals surface area contributed by atoms with Crippen LogP contribution in [0, 0.1) is 0 Å². The highest BCUT2D eigenvalue weighted by Gasteiger charge is 2.12. The van der Waals surface area contributed by atoms with E-state index in [9.17, 15) is 9.59 Å². The first-order valence-electron chi connectivity index (χ1n) is 11.3. The number of nitrogens with zero attached hydrogens (tertiary/aromatic N) is 1. The lowest BCUT2D eigenvalue weighted by molar-refractivity contribution is 0.0734. The summed E-state index contributed by atoms with van der Waals surface area (Å²) >= 11 is 3.40. The second-order valence-electron chi connectivity index (χ2n) is 7.80. The van der Waals surface area contributed by atoms with Gasteiger partial charge in [0, 0.05) is 15.6 Å². The van der Waals surface area contributed by atoms with Gasteiger partial charge in [-0.05, 0) is 72.3 Å². The fourth-order valence-electron chi connectivity index (χ4n) is 3.27. The molecule has 4 aromatic rings. The average Bonchev–Trinajstić information content (AvgIpc) is 2.94. The molecule has 0 aliphatic heterocycles. The molecule has 4 aromatic carbocycles. The number of nitrogens with one attached hydrogen (secondary N) is 1. The Morgan fingerprint density at radius 1 is 0.865 bits per heavy atom. The van der Waals surface area contributed by atoms with Crippen LogP contribution in [0.5, 0.6) is 17.2 Å². The quantitative estimate of drug-likeness (QED) is 0.117. The summed E-state index contributed by atoms with van der Waals surface area (Å²) in [5.74, 6) is 0.664. The predicted molar refractivity (Wildman–Crippen MR) is 144 cm³/mol. The lowest BCUT2D eigenvalue weighted by atomic mass is 10.2. The Kier molecular flexibility index (Phi) is 8.67. The van der Waals surface area contributed by atoms with E-state index in [1.165, 1.54) is 6.21 Å². The van der Waals surface area contributed by atoms with Gasteiger partial charge in [-0.25, -0.2) is 10.2 Å². The minimum Gasteiger partial charge on any atom is -0.497 e. The van der Waals surface area contributed by atoms with E-state index in [1.54, 1.807) is 73.8 Å². The van der Waals surface area contributed by atoms with Crippen molar-refractivity contribution in [1.29, 1.82) is 0 Å². The topological polar surface area (TPSA) is 86.2 Å². The Morgan fingerprint density at radius 3 is 2.24 bits per heavy atom. The molecule has 7 nitrogen and oxygen atoms in total. The maximum atomic E-state index is 12.6. The second kappa shape index (κ2) is 12.5. The summed E-state index contributed by atoms with van der Waals surface area (Å²) < 4.78 is 17.2. The second-order valence-corrected chi connectivity index (χ2v) is 8.71. The van der Waals surface area contributed by atoms with Crippen LogP contribution in [0.15, 0.2) is 107 Å². The van der Waals surface area contributed by atoms with E-state index in [-0.39, 0.29) is 0 Å². The van der Waals surface area contributed by atoms with Crippen LogP contribution in [0.4, 0.5) is 0 Å². The first kappa shape index (κ1) is 25.7. The molecule has 186 valence electrons. The summed E-state index contributed by atoms with van der Waals surface area (Å²) in [6.07, 6.45) is 1.41. The van der Waals surface area contributed by atoms with Gasteiger partial charge < -0.3 is 14.2 Å². The van der Waals surface area contributed by atoms with E-state index in [0.29, 0.717) is 40.5 Å². The summed E-state index contributed by atoms with van der Waals surface area (Å²) in [7, 11) is 1.55. The zero-order chi connectivity index (χ0) is 26.0. The van der Waals surface area contributed by atoms with Crippen molar-refractivity contribution in [2.45, 2.75) is 6.61 Å². The van der Waals surface area contributed by atoms with Crippen LogP contribution < -0.4 is 19.6 Å². The molecule has 37 heavy (non-hydrogen) atoms. The number of ether oxygens (including phenoxy) is 3. The van der Waals surface area contributed by atoms with Gasteiger partial charge >= 0.3 is 5.97 Å². The number of benzene rings is 4. The standard InChI is InChI=1S/C29H23BrN2O5/c1-35-25-12-9-22(10-13-25)29(34)37-27-16-11-24(30)17-23(27)18-31-32-28(33)21-7-14-26(15-8-21)36-19-20-5-3-2-4-6-20/h2-18H,19H2,1H3,(H,32,33)/b31-18+.